The highest BCUT2D eigenvalue weighted by Crippen LogP contribution is 2.17. The maximum atomic E-state index is 5.64. The topological polar surface area (TPSA) is 54.9 Å². The lowest BCUT2D eigenvalue weighted by atomic mass is 10.1. The van der Waals surface area contributed by atoms with Crippen molar-refractivity contribution >= 4 is 5.96 Å². The van der Waals surface area contributed by atoms with Gasteiger partial charge in [-0.05, 0) is 44.2 Å². The Balaban J connectivity index is 1.76. The molecule has 1 atom stereocenters. The van der Waals surface area contributed by atoms with E-state index in [-0.39, 0.29) is 0 Å². The molecule has 1 aromatic carbocycles. The van der Waals surface area contributed by atoms with Crippen LogP contribution in [0.5, 0.6) is 5.75 Å². The van der Waals surface area contributed by atoms with E-state index in [9.17, 15) is 0 Å². The Morgan fingerprint density at radius 2 is 2.22 bits per heavy atom. The Kier molecular flexibility index (Phi) is 7.73. The molecule has 1 unspecified atom stereocenters. The van der Waals surface area contributed by atoms with Gasteiger partial charge in [0.1, 0.15) is 5.75 Å². The lowest BCUT2D eigenvalue weighted by Crippen LogP contribution is -2.38. The summed E-state index contributed by atoms with van der Waals surface area (Å²) in [5, 5.41) is 6.68. The quantitative estimate of drug-likeness (QED) is 0.570. The molecule has 0 bridgehead atoms. The number of methoxy groups -OCH3 is 1. The Labute approximate surface area is 139 Å². The monoisotopic (exact) mass is 319 g/mol. The summed E-state index contributed by atoms with van der Waals surface area (Å²) in [6.07, 6.45) is 4.66. The zero-order valence-electron chi connectivity index (χ0n) is 14.3. The molecule has 0 amide bonds. The second-order valence-corrected chi connectivity index (χ2v) is 5.67. The molecule has 0 saturated carbocycles. The summed E-state index contributed by atoms with van der Waals surface area (Å²) in [7, 11) is 1.71. The number of hydrogen-bond acceptors (Lipinski definition) is 3. The van der Waals surface area contributed by atoms with E-state index in [1.807, 2.05) is 18.2 Å². The fourth-order valence-corrected chi connectivity index (χ4v) is 2.76. The van der Waals surface area contributed by atoms with E-state index in [1.54, 1.807) is 7.11 Å². The Bertz CT molecular complexity index is 485. The molecule has 1 aliphatic heterocycles. The van der Waals surface area contributed by atoms with Crippen molar-refractivity contribution in [1.29, 1.82) is 0 Å². The van der Waals surface area contributed by atoms with E-state index in [0.717, 1.165) is 50.8 Å². The van der Waals surface area contributed by atoms with Gasteiger partial charge in [0, 0.05) is 26.2 Å². The Morgan fingerprint density at radius 1 is 1.35 bits per heavy atom. The highest BCUT2D eigenvalue weighted by molar-refractivity contribution is 5.79. The number of ether oxygens (including phenoxy) is 2. The van der Waals surface area contributed by atoms with Crippen molar-refractivity contribution in [2.24, 2.45) is 4.99 Å². The van der Waals surface area contributed by atoms with Crippen LogP contribution in [0.15, 0.2) is 29.3 Å². The van der Waals surface area contributed by atoms with Crippen LogP contribution in [-0.4, -0.2) is 45.4 Å². The van der Waals surface area contributed by atoms with Gasteiger partial charge in [-0.3, -0.25) is 4.99 Å². The molecule has 5 heteroatoms. The van der Waals surface area contributed by atoms with Crippen LogP contribution >= 0.6 is 0 Å². The number of guanidine groups is 1. The van der Waals surface area contributed by atoms with Crippen LogP contribution in [0.4, 0.5) is 0 Å². The summed E-state index contributed by atoms with van der Waals surface area (Å²) in [5.74, 6) is 1.81. The predicted molar refractivity (Wildman–Crippen MR) is 94.3 cm³/mol. The summed E-state index contributed by atoms with van der Waals surface area (Å²) in [6.45, 7) is 5.48. The molecular weight excluding hydrogens is 290 g/mol. The molecule has 0 aliphatic carbocycles. The first-order valence-corrected chi connectivity index (χ1v) is 8.59. The fourth-order valence-electron chi connectivity index (χ4n) is 2.76. The fraction of sp³-hybridized carbons (Fsp3) is 0.611. The highest BCUT2D eigenvalue weighted by atomic mass is 16.5. The minimum Gasteiger partial charge on any atom is -0.496 e. The normalized spacial score (nSPS) is 18.0. The van der Waals surface area contributed by atoms with E-state index in [1.165, 1.54) is 18.4 Å². The minimum atomic E-state index is 0.398. The standard InChI is InChI=1S/C18H29N3O2/c1-3-19-18(21-13-11-16-8-6-14-23-16)20-12-10-15-7-4-5-9-17(15)22-2/h4-5,7,9,16H,3,6,8,10-14H2,1-2H3,(H2,19,20,21). The van der Waals surface area contributed by atoms with E-state index in [0.29, 0.717) is 6.10 Å². The largest absolute Gasteiger partial charge is 0.496 e. The van der Waals surface area contributed by atoms with Crippen molar-refractivity contribution in [2.75, 3.05) is 33.4 Å². The van der Waals surface area contributed by atoms with Crippen LogP contribution in [0.3, 0.4) is 0 Å². The first kappa shape index (κ1) is 17.6. The molecule has 0 aromatic heterocycles. The van der Waals surface area contributed by atoms with Crippen LogP contribution < -0.4 is 15.4 Å². The third-order valence-electron chi connectivity index (χ3n) is 3.97. The van der Waals surface area contributed by atoms with Crippen LogP contribution in [0, 0.1) is 0 Å². The van der Waals surface area contributed by atoms with Crippen LogP contribution in [0.2, 0.25) is 0 Å². The Hall–Kier alpha value is -1.75. The van der Waals surface area contributed by atoms with Crippen molar-refractivity contribution in [2.45, 2.75) is 38.7 Å². The first-order valence-electron chi connectivity index (χ1n) is 8.59. The third-order valence-corrected chi connectivity index (χ3v) is 3.97. The van der Waals surface area contributed by atoms with Gasteiger partial charge >= 0.3 is 0 Å². The van der Waals surface area contributed by atoms with Crippen molar-refractivity contribution < 1.29 is 9.47 Å². The molecular formula is C18H29N3O2. The minimum absolute atomic E-state index is 0.398. The highest BCUT2D eigenvalue weighted by Gasteiger charge is 2.14. The van der Waals surface area contributed by atoms with E-state index < -0.39 is 0 Å². The van der Waals surface area contributed by atoms with Gasteiger partial charge in [0.15, 0.2) is 5.96 Å². The molecule has 128 valence electrons. The van der Waals surface area contributed by atoms with Gasteiger partial charge in [-0.1, -0.05) is 18.2 Å². The van der Waals surface area contributed by atoms with E-state index >= 15 is 0 Å². The molecule has 23 heavy (non-hydrogen) atoms. The van der Waals surface area contributed by atoms with Gasteiger partial charge in [-0.2, -0.15) is 0 Å². The second kappa shape index (κ2) is 10.1. The molecule has 1 saturated heterocycles. The van der Waals surface area contributed by atoms with Crippen molar-refractivity contribution in [3.05, 3.63) is 29.8 Å². The van der Waals surface area contributed by atoms with Gasteiger partial charge in [0.05, 0.1) is 13.2 Å². The smallest absolute Gasteiger partial charge is 0.191 e. The van der Waals surface area contributed by atoms with Gasteiger partial charge in [0.25, 0.3) is 0 Å². The van der Waals surface area contributed by atoms with Crippen LogP contribution in [0.1, 0.15) is 31.7 Å². The molecule has 5 nitrogen and oxygen atoms in total. The van der Waals surface area contributed by atoms with Gasteiger partial charge in [0.2, 0.25) is 0 Å². The number of rotatable bonds is 8. The summed E-state index contributed by atoms with van der Waals surface area (Å²) in [4.78, 5) is 4.63. The molecule has 0 radical (unpaired) electrons. The van der Waals surface area contributed by atoms with Gasteiger partial charge in [-0.25, -0.2) is 0 Å². The van der Waals surface area contributed by atoms with Crippen molar-refractivity contribution in [1.82, 2.24) is 10.6 Å². The summed E-state index contributed by atoms with van der Waals surface area (Å²) in [6, 6.07) is 8.13. The lowest BCUT2D eigenvalue weighted by Gasteiger charge is -2.13. The molecule has 1 fully saturated rings. The third kappa shape index (κ3) is 6.10. The zero-order chi connectivity index (χ0) is 16.3. The molecule has 1 aliphatic rings. The number of benzene rings is 1. The molecule has 1 aromatic rings. The average molecular weight is 319 g/mol. The SMILES string of the molecule is CCNC(=NCCC1CCCO1)NCCc1ccccc1OC. The zero-order valence-corrected chi connectivity index (χ0v) is 14.3. The maximum absolute atomic E-state index is 5.64. The van der Waals surface area contributed by atoms with Gasteiger partial charge < -0.3 is 20.1 Å². The van der Waals surface area contributed by atoms with Crippen molar-refractivity contribution in [3.8, 4) is 5.75 Å². The molecule has 2 rings (SSSR count). The van der Waals surface area contributed by atoms with Crippen LogP contribution in [-0.2, 0) is 11.2 Å². The molecule has 0 spiro atoms. The summed E-state index contributed by atoms with van der Waals surface area (Å²) in [5.41, 5.74) is 1.21. The van der Waals surface area contributed by atoms with Crippen molar-refractivity contribution in [3.63, 3.8) is 0 Å². The average Bonchev–Trinajstić information content (AvgIpc) is 3.08. The van der Waals surface area contributed by atoms with Gasteiger partial charge in [-0.15, -0.1) is 0 Å². The van der Waals surface area contributed by atoms with E-state index in [4.69, 9.17) is 9.47 Å². The van der Waals surface area contributed by atoms with E-state index in [2.05, 4.69) is 28.6 Å². The number of nitrogens with zero attached hydrogens (tertiary/aromatic N) is 1. The predicted octanol–water partition coefficient (Wildman–Crippen LogP) is 2.36. The lowest BCUT2D eigenvalue weighted by molar-refractivity contribution is 0.106. The molecule has 1 heterocycles. The first-order chi connectivity index (χ1) is 11.3. The maximum Gasteiger partial charge on any atom is 0.191 e. The molecule has 2 N–H and O–H groups in total. The number of aliphatic imine (C=N–C) groups is 1. The summed E-state index contributed by atoms with van der Waals surface area (Å²) < 4.78 is 11.0. The van der Waals surface area contributed by atoms with Crippen LogP contribution in [0.25, 0.3) is 0 Å². The number of para-hydroxylation sites is 1. The number of hydrogen-bond donors (Lipinski definition) is 2. The second-order valence-electron chi connectivity index (χ2n) is 5.67. The summed E-state index contributed by atoms with van der Waals surface area (Å²) >= 11 is 0. The number of nitrogens with one attached hydrogen (secondary N) is 2. The Morgan fingerprint density at radius 3 is 2.96 bits per heavy atom.